The second-order valence-electron chi connectivity index (χ2n) is 2.51. The zero-order valence-electron chi connectivity index (χ0n) is 6.42. The van der Waals surface area contributed by atoms with Gasteiger partial charge in [-0.25, -0.2) is 0 Å². The minimum absolute atomic E-state index is 0.395. The summed E-state index contributed by atoms with van der Waals surface area (Å²) in [5.41, 5.74) is 7.37. The lowest BCUT2D eigenvalue weighted by molar-refractivity contribution is 0.0999. The normalized spacial score (nSPS) is 9.64. The molecule has 0 aromatic heterocycles. The third-order valence-electron chi connectivity index (χ3n) is 1.57. The number of carbonyl (C=O) groups excluding carboxylic acids is 1. The Kier molecular flexibility index (Phi) is 1.94. The molecule has 1 amide bonds. The van der Waals surface area contributed by atoms with Crippen molar-refractivity contribution >= 4 is 5.91 Å². The molecule has 0 saturated carbocycles. The number of nitrogens with two attached hydrogens (primary N) is 1. The second-order valence-corrected chi connectivity index (χ2v) is 2.51. The number of amides is 1. The number of hydrogen-bond acceptors (Lipinski definition) is 1. The summed E-state index contributed by atoms with van der Waals surface area (Å²) in [6.07, 6.45) is 0. The van der Waals surface area contributed by atoms with Gasteiger partial charge in [0.1, 0.15) is 0 Å². The standard InChI is InChI=1S/C9H10NO/c1-6-3-4-7(2)8(5-6)9(10)11/h3-5H,1H2,2H3,(H2,10,11). The van der Waals surface area contributed by atoms with Crippen LogP contribution in [0.5, 0.6) is 0 Å². The van der Waals surface area contributed by atoms with Crippen LogP contribution in [0.1, 0.15) is 21.5 Å². The molecule has 0 aliphatic rings. The lowest BCUT2D eigenvalue weighted by Gasteiger charge is -2.01. The highest BCUT2D eigenvalue weighted by atomic mass is 16.1. The largest absolute Gasteiger partial charge is 0.366 e. The average Bonchev–Trinajstić information content (AvgIpc) is 1.94. The Labute approximate surface area is 66.0 Å². The van der Waals surface area contributed by atoms with Crippen molar-refractivity contribution in [2.24, 2.45) is 5.73 Å². The SMILES string of the molecule is [CH2]c1ccc(C)c(C(N)=O)c1. The Morgan fingerprint density at radius 3 is 2.64 bits per heavy atom. The molecule has 0 aliphatic carbocycles. The maximum absolute atomic E-state index is 10.8. The summed E-state index contributed by atoms with van der Waals surface area (Å²) < 4.78 is 0. The highest BCUT2D eigenvalue weighted by Gasteiger charge is 2.02. The van der Waals surface area contributed by atoms with Crippen LogP contribution in [-0.2, 0) is 0 Å². The van der Waals surface area contributed by atoms with E-state index in [1.54, 1.807) is 6.07 Å². The summed E-state index contributed by atoms with van der Waals surface area (Å²) in [5.74, 6) is -0.395. The monoisotopic (exact) mass is 148 g/mol. The summed E-state index contributed by atoms with van der Waals surface area (Å²) in [5, 5.41) is 0. The molecule has 0 unspecified atom stereocenters. The molecular formula is C9H10NO. The molecule has 0 heterocycles. The molecular weight excluding hydrogens is 138 g/mol. The quantitative estimate of drug-likeness (QED) is 0.640. The first-order valence-corrected chi connectivity index (χ1v) is 3.33. The number of benzene rings is 1. The van der Waals surface area contributed by atoms with E-state index in [1.165, 1.54) is 0 Å². The van der Waals surface area contributed by atoms with Gasteiger partial charge in [-0.1, -0.05) is 12.1 Å². The molecule has 2 N–H and O–H groups in total. The van der Waals surface area contributed by atoms with Gasteiger partial charge in [-0.3, -0.25) is 4.79 Å². The van der Waals surface area contributed by atoms with Crippen LogP contribution in [-0.4, -0.2) is 5.91 Å². The van der Waals surface area contributed by atoms with E-state index in [9.17, 15) is 4.79 Å². The molecule has 0 fully saturated rings. The zero-order chi connectivity index (χ0) is 8.43. The fraction of sp³-hybridized carbons (Fsp3) is 0.111. The topological polar surface area (TPSA) is 43.1 Å². The molecule has 0 spiro atoms. The van der Waals surface area contributed by atoms with Crippen molar-refractivity contribution in [3.8, 4) is 0 Å². The van der Waals surface area contributed by atoms with Gasteiger partial charge in [-0.2, -0.15) is 0 Å². The summed E-state index contributed by atoms with van der Waals surface area (Å²) in [7, 11) is 0. The van der Waals surface area contributed by atoms with Gasteiger partial charge < -0.3 is 5.73 Å². The maximum Gasteiger partial charge on any atom is 0.248 e. The average molecular weight is 148 g/mol. The molecule has 1 aromatic carbocycles. The minimum Gasteiger partial charge on any atom is -0.366 e. The molecule has 11 heavy (non-hydrogen) atoms. The van der Waals surface area contributed by atoms with Gasteiger partial charge in [-0.15, -0.1) is 0 Å². The summed E-state index contributed by atoms with van der Waals surface area (Å²) in [6, 6.07) is 5.38. The van der Waals surface area contributed by atoms with E-state index in [2.05, 4.69) is 6.92 Å². The fourth-order valence-electron chi connectivity index (χ4n) is 0.935. The first kappa shape index (κ1) is 7.79. The number of primary amides is 1. The van der Waals surface area contributed by atoms with Gasteiger partial charge >= 0.3 is 0 Å². The molecule has 0 atom stereocenters. The van der Waals surface area contributed by atoms with E-state index >= 15 is 0 Å². The van der Waals surface area contributed by atoms with Gasteiger partial charge in [0.05, 0.1) is 0 Å². The van der Waals surface area contributed by atoms with Crippen molar-refractivity contribution in [1.29, 1.82) is 0 Å². The molecule has 0 saturated heterocycles. The van der Waals surface area contributed by atoms with Crippen LogP contribution in [0.3, 0.4) is 0 Å². The molecule has 2 nitrogen and oxygen atoms in total. The predicted molar refractivity (Wildman–Crippen MR) is 44.2 cm³/mol. The van der Waals surface area contributed by atoms with Crippen molar-refractivity contribution in [3.05, 3.63) is 41.8 Å². The van der Waals surface area contributed by atoms with Crippen LogP contribution < -0.4 is 5.73 Å². The third-order valence-corrected chi connectivity index (χ3v) is 1.57. The Hall–Kier alpha value is -1.31. The second kappa shape index (κ2) is 2.74. The minimum atomic E-state index is -0.395. The van der Waals surface area contributed by atoms with E-state index in [1.807, 2.05) is 19.1 Å². The Balaban J connectivity index is 3.23. The van der Waals surface area contributed by atoms with E-state index in [0.29, 0.717) is 5.56 Å². The Bertz CT molecular complexity index is 292. The van der Waals surface area contributed by atoms with E-state index in [4.69, 9.17) is 5.73 Å². The molecule has 1 radical (unpaired) electrons. The summed E-state index contributed by atoms with van der Waals surface area (Å²) >= 11 is 0. The first-order valence-electron chi connectivity index (χ1n) is 3.33. The summed E-state index contributed by atoms with van der Waals surface area (Å²) in [4.78, 5) is 10.8. The van der Waals surface area contributed by atoms with Crippen LogP contribution >= 0.6 is 0 Å². The van der Waals surface area contributed by atoms with Crippen LogP contribution in [0.25, 0.3) is 0 Å². The van der Waals surface area contributed by atoms with Crippen LogP contribution in [0, 0.1) is 13.8 Å². The van der Waals surface area contributed by atoms with Gasteiger partial charge in [-0.05, 0) is 31.0 Å². The van der Waals surface area contributed by atoms with Crippen molar-refractivity contribution in [3.63, 3.8) is 0 Å². The molecule has 1 rings (SSSR count). The van der Waals surface area contributed by atoms with Crippen molar-refractivity contribution in [2.45, 2.75) is 6.92 Å². The molecule has 2 heteroatoms. The predicted octanol–water partition coefficient (Wildman–Crippen LogP) is 1.28. The maximum atomic E-state index is 10.8. The third kappa shape index (κ3) is 1.58. The highest BCUT2D eigenvalue weighted by Crippen LogP contribution is 2.08. The van der Waals surface area contributed by atoms with Crippen molar-refractivity contribution in [2.75, 3.05) is 0 Å². The zero-order valence-corrected chi connectivity index (χ0v) is 6.42. The molecule has 0 bridgehead atoms. The van der Waals surface area contributed by atoms with Gasteiger partial charge in [0.2, 0.25) is 5.91 Å². The smallest absolute Gasteiger partial charge is 0.248 e. The number of aryl methyl sites for hydroxylation is 1. The van der Waals surface area contributed by atoms with Gasteiger partial charge in [0.25, 0.3) is 0 Å². The fourth-order valence-corrected chi connectivity index (χ4v) is 0.935. The van der Waals surface area contributed by atoms with Crippen molar-refractivity contribution < 1.29 is 4.79 Å². The lowest BCUT2D eigenvalue weighted by atomic mass is 10.1. The molecule has 57 valence electrons. The summed E-state index contributed by atoms with van der Waals surface area (Å²) in [6.45, 7) is 5.54. The number of rotatable bonds is 1. The Morgan fingerprint density at radius 1 is 1.55 bits per heavy atom. The van der Waals surface area contributed by atoms with Gasteiger partial charge in [0.15, 0.2) is 0 Å². The van der Waals surface area contributed by atoms with Crippen LogP contribution in [0.4, 0.5) is 0 Å². The molecule has 1 aromatic rings. The first-order chi connectivity index (χ1) is 5.11. The van der Waals surface area contributed by atoms with Gasteiger partial charge in [0, 0.05) is 5.56 Å². The van der Waals surface area contributed by atoms with Crippen LogP contribution in [0.15, 0.2) is 18.2 Å². The molecule has 0 aliphatic heterocycles. The van der Waals surface area contributed by atoms with E-state index < -0.39 is 5.91 Å². The Morgan fingerprint density at radius 2 is 2.18 bits per heavy atom. The number of hydrogen-bond donors (Lipinski definition) is 1. The van der Waals surface area contributed by atoms with Crippen molar-refractivity contribution in [1.82, 2.24) is 0 Å². The number of carbonyl (C=O) groups is 1. The van der Waals surface area contributed by atoms with E-state index in [0.717, 1.165) is 11.1 Å². The van der Waals surface area contributed by atoms with E-state index in [-0.39, 0.29) is 0 Å². The highest BCUT2D eigenvalue weighted by molar-refractivity contribution is 5.94. The van der Waals surface area contributed by atoms with Crippen LogP contribution in [0.2, 0.25) is 0 Å². The lowest BCUT2D eigenvalue weighted by Crippen LogP contribution is -2.12.